The molecule has 0 saturated carbocycles. The summed E-state index contributed by atoms with van der Waals surface area (Å²) in [7, 11) is 1.66. The van der Waals surface area contributed by atoms with Crippen LogP contribution < -0.4 is 15.0 Å². The molecule has 1 aliphatic heterocycles. The first-order chi connectivity index (χ1) is 15.2. The maximum Gasteiger partial charge on any atom is 0.226 e. The van der Waals surface area contributed by atoms with Gasteiger partial charge in [0.05, 0.1) is 7.11 Å². The topological polar surface area (TPSA) is 72.3 Å². The molecular formula is C24H29N5O2. The number of nitrogens with zero attached hydrogens (tertiary/aromatic N) is 4. The molecule has 0 bridgehead atoms. The third-order valence-corrected chi connectivity index (χ3v) is 5.88. The van der Waals surface area contributed by atoms with E-state index in [0.717, 1.165) is 48.9 Å². The van der Waals surface area contributed by atoms with E-state index in [0.29, 0.717) is 18.9 Å². The first kappa shape index (κ1) is 20.9. The average molecular weight is 420 g/mol. The normalized spacial score (nSPS) is 15.2. The van der Waals surface area contributed by atoms with Crippen molar-refractivity contribution in [2.45, 2.75) is 38.6 Å². The molecule has 0 radical (unpaired) electrons. The van der Waals surface area contributed by atoms with Gasteiger partial charge in [-0.25, -0.2) is 0 Å². The standard InChI is InChI=1S/C24H29N5O2/c1-3-28(21-8-5-9-22(15-21)31-2)13-12-24(30)26-20-7-4-6-18(14-20)19-10-11-23-27-25-17-29(23)16-19/h4-9,14-15,17,19H,3,10-13,16H2,1-2H3,(H,26,30). The molecule has 1 amide bonds. The summed E-state index contributed by atoms with van der Waals surface area (Å²) in [4.78, 5) is 14.8. The zero-order chi connectivity index (χ0) is 21.6. The van der Waals surface area contributed by atoms with Gasteiger partial charge < -0.3 is 19.5 Å². The number of benzene rings is 2. The fourth-order valence-corrected chi connectivity index (χ4v) is 4.14. The predicted octanol–water partition coefficient (Wildman–Crippen LogP) is 3.87. The van der Waals surface area contributed by atoms with E-state index in [4.69, 9.17) is 4.74 Å². The molecule has 1 atom stereocenters. The fraction of sp³-hybridized carbons (Fsp3) is 0.375. The van der Waals surface area contributed by atoms with Crippen LogP contribution in [-0.4, -0.2) is 40.9 Å². The minimum Gasteiger partial charge on any atom is -0.497 e. The number of hydrogen-bond donors (Lipinski definition) is 1. The summed E-state index contributed by atoms with van der Waals surface area (Å²) in [5.74, 6) is 2.29. The number of rotatable bonds is 8. The van der Waals surface area contributed by atoms with Crippen molar-refractivity contribution in [3.05, 3.63) is 66.2 Å². The van der Waals surface area contributed by atoms with E-state index in [9.17, 15) is 4.79 Å². The molecule has 7 heteroatoms. The summed E-state index contributed by atoms with van der Waals surface area (Å²) in [6.45, 7) is 4.44. The van der Waals surface area contributed by atoms with Crippen LogP contribution in [0.3, 0.4) is 0 Å². The van der Waals surface area contributed by atoms with Gasteiger partial charge in [0.25, 0.3) is 0 Å². The summed E-state index contributed by atoms with van der Waals surface area (Å²) in [6, 6.07) is 16.1. The second-order valence-corrected chi connectivity index (χ2v) is 7.84. The van der Waals surface area contributed by atoms with Crippen LogP contribution in [0.15, 0.2) is 54.9 Å². The van der Waals surface area contributed by atoms with Gasteiger partial charge in [-0.1, -0.05) is 18.2 Å². The predicted molar refractivity (Wildman–Crippen MR) is 122 cm³/mol. The lowest BCUT2D eigenvalue weighted by Gasteiger charge is -2.24. The number of aromatic nitrogens is 3. The second kappa shape index (κ2) is 9.64. The Kier molecular flexibility index (Phi) is 6.50. The number of nitrogens with one attached hydrogen (secondary N) is 1. The zero-order valence-corrected chi connectivity index (χ0v) is 18.1. The highest BCUT2D eigenvalue weighted by Gasteiger charge is 2.21. The lowest BCUT2D eigenvalue weighted by Crippen LogP contribution is -2.27. The number of fused-ring (bicyclic) bond motifs is 1. The smallest absolute Gasteiger partial charge is 0.226 e. The molecule has 7 nitrogen and oxygen atoms in total. The van der Waals surface area contributed by atoms with Crippen LogP contribution >= 0.6 is 0 Å². The average Bonchev–Trinajstić information content (AvgIpc) is 3.28. The molecule has 1 aromatic heterocycles. The number of carbonyl (C=O) groups excluding carboxylic acids is 1. The zero-order valence-electron chi connectivity index (χ0n) is 18.1. The molecule has 3 aromatic rings. The SMILES string of the molecule is CCN(CCC(=O)Nc1cccc(C2CCc3nncn3C2)c1)c1cccc(OC)c1. The van der Waals surface area contributed by atoms with Gasteiger partial charge in [0.15, 0.2) is 0 Å². The minimum atomic E-state index is 0.0169. The van der Waals surface area contributed by atoms with Gasteiger partial charge in [-0.2, -0.15) is 0 Å². The molecule has 0 saturated heterocycles. The largest absolute Gasteiger partial charge is 0.497 e. The van der Waals surface area contributed by atoms with Crippen molar-refractivity contribution < 1.29 is 9.53 Å². The molecule has 0 fully saturated rings. The Bertz CT molecular complexity index is 1030. The highest BCUT2D eigenvalue weighted by molar-refractivity contribution is 5.91. The van der Waals surface area contributed by atoms with Gasteiger partial charge in [0.1, 0.15) is 17.9 Å². The van der Waals surface area contributed by atoms with E-state index >= 15 is 0 Å². The minimum absolute atomic E-state index is 0.0169. The van der Waals surface area contributed by atoms with Gasteiger partial charge >= 0.3 is 0 Å². The Hall–Kier alpha value is -3.35. The molecule has 1 N–H and O–H groups in total. The molecule has 0 spiro atoms. The van der Waals surface area contributed by atoms with Gasteiger partial charge in [-0.15, -0.1) is 10.2 Å². The lowest BCUT2D eigenvalue weighted by atomic mass is 9.91. The summed E-state index contributed by atoms with van der Waals surface area (Å²) >= 11 is 0. The van der Waals surface area contributed by atoms with Crippen LogP contribution in [0.25, 0.3) is 0 Å². The second-order valence-electron chi connectivity index (χ2n) is 7.84. The Morgan fingerprint density at radius 2 is 2.13 bits per heavy atom. The summed E-state index contributed by atoms with van der Waals surface area (Å²) in [5.41, 5.74) is 3.15. The number of carbonyl (C=O) groups is 1. The summed E-state index contributed by atoms with van der Waals surface area (Å²) < 4.78 is 7.44. The van der Waals surface area contributed by atoms with Gasteiger partial charge in [0.2, 0.25) is 5.91 Å². The first-order valence-electron chi connectivity index (χ1n) is 10.8. The Morgan fingerprint density at radius 1 is 1.26 bits per heavy atom. The monoisotopic (exact) mass is 419 g/mol. The number of anilines is 2. The maximum atomic E-state index is 12.6. The summed E-state index contributed by atoms with van der Waals surface area (Å²) in [6.07, 6.45) is 4.19. The molecule has 31 heavy (non-hydrogen) atoms. The quantitative estimate of drug-likeness (QED) is 0.600. The van der Waals surface area contributed by atoms with Crippen LogP contribution in [0, 0.1) is 0 Å². The third kappa shape index (κ3) is 5.05. The molecule has 0 aliphatic carbocycles. The number of ether oxygens (including phenoxy) is 1. The number of hydrogen-bond acceptors (Lipinski definition) is 5. The first-order valence-corrected chi connectivity index (χ1v) is 10.8. The molecular weight excluding hydrogens is 390 g/mol. The van der Waals surface area contributed by atoms with E-state index in [2.05, 4.69) is 44.0 Å². The van der Waals surface area contributed by atoms with Gasteiger partial charge in [0, 0.05) is 55.8 Å². The van der Waals surface area contributed by atoms with Crippen LogP contribution in [0.2, 0.25) is 0 Å². The van der Waals surface area contributed by atoms with Crippen molar-refractivity contribution in [2.24, 2.45) is 0 Å². The van der Waals surface area contributed by atoms with Crippen LogP contribution in [0.4, 0.5) is 11.4 Å². The highest BCUT2D eigenvalue weighted by atomic mass is 16.5. The lowest BCUT2D eigenvalue weighted by molar-refractivity contribution is -0.116. The highest BCUT2D eigenvalue weighted by Crippen LogP contribution is 2.29. The van der Waals surface area contributed by atoms with Crippen molar-refractivity contribution in [3.63, 3.8) is 0 Å². The van der Waals surface area contributed by atoms with Crippen molar-refractivity contribution >= 4 is 17.3 Å². The fourth-order valence-electron chi connectivity index (χ4n) is 4.14. The Labute approximate surface area is 183 Å². The molecule has 2 aromatic carbocycles. The molecule has 2 heterocycles. The molecule has 162 valence electrons. The summed E-state index contributed by atoms with van der Waals surface area (Å²) in [5, 5.41) is 11.2. The Morgan fingerprint density at radius 3 is 2.97 bits per heavy atom. The van der Waals surface area contributed by atoms with E-state index < -0.39 is 0 Å². The van der Waals surface area contributed by atoms with E-state index in [1.54, 1.807) is 13.4 Å². The van der Waals surface area contributed by atoms with Crippen molar-refractivity contribution in [1.29, 1.82) is 0 Å². The van der Waals surface area contributed by atoms with Crippen LogP contribution in [0.5, 0.6) is 5.75 Å². The van der Waals surface area contributed by atoms with E-state index in [1.807, 2.05) is 36.4 Å². The Balaban J connectivity index is 1.35. The van der Waals surface area contributed by atoms with Gasteiger partial charge in [-0.3, -0.25) is 4.79 Å². The number of methoxy groups -OCH3 is 1. The van der Waals surface area contributed by atoms with Gasteiger partial charge in [-0.05, 0) is 43.2 Å². The molecule has 1 unspecified atom stereocenters. The van der Waals surface area contributed by atoms with E-state index in [1.165, 1.54) is 5.56 Å². The molecule has 4 rings (SSSR count). The van der Waals surface area contributed by atoms with E-state index in [-0.39, 0.29) is 5.91 Å². The number of amides is 1. The maximum absolute atomic E-state index is 12.6. The number of aryl methyl sites for hydroxylation is 1. The molecule has 1 aliphatic rings. The third-order valence-electron chi connectivity index (χ3n) is 5.88. The van der Waals surface area contributed by atoms with Crippen LogP contribution in [-0.2, 0) is 17.8 Å². The van der Waals surface area contributed by atoms with Crippen molar-refractivity contribution in [3.8, 4) is 5.75 Å². The van der Waals surface area contributed by atoms with Crippen molar-refractivity contribution in [2.75, 3.05) is 30.4 Å². The van der Waals surface area contributed by atoms with Crippen LogP contribution in [0.1, 0.15) is 37.1 Å². The van der Waals surface area contributed by atoms with Crippen molar-refractivity contribution in [1.82, 2.24) is 14.8 Å².